The van der Waals surface area contributed by atoms with Gasteiger partial charge in [-0.1, -0.05) is 6.07 Å². The number of rotatable bonds is 1. The second-order valence-corrected chi connectivity index (χ2v) is 4.76. The molecule has 0 fully saturated rings. The Morgan fingerprint density at radius 1 is 0.882 bits per heavy atom. The Balaban J connectivity index is 2.68. The predicted molar refractivity (Wildman–Crippen MR) is 71.4 cm³/mol. The first kappa shape index (κ1) is 12.1. The van der Waals surface area contributed by atoms with E-state index in [9.17, 15) is 0 Å². The summed E-state index contributed by atoms with van der Waals surface area (Å²) in [4.78, 5) is 8.32. The molecule has 1 heterocycles. The molecule has 2 rings (SSSR count). The van der Waals surface area contributed by atoms with Crippen molar-refractivity contribution in [1.29, 1.82) is 0 Å². The molecule has 0 aliphatic heterocycles. The predicted octanol–water partition coefficient (Wildman–Crippen LogP) is 4.03. The quantitative estimate of drug-likeness (QED) is 0.710. The lowest BCUT2D eigenvalue weighted by molar-refractivity contribution is 1.13. The molecule has 3 heteroatoms. The highest BCUT2D eigenvalue weighted by atomic mass is 35.5. The van der Waals surface area contributed by atoms with E-state index in [4.69, 9.17) is 11.6 Å². The van der Waals surface area contributed by atoms with Crippen LogP contribution in [0.5, 0.6) is 0 Å². The van der Waals surface area contributed by atoms with Crippen molar-refractivity contribution in [3.8, 4) is 11.3 Å². The third-order valence-electron chi connectivity index (χ3n) is 3.04. The summed E-state index contributed by atoms with van der Waals surface area (Å²) >= 11 is 5.87. The zero-order valence-electron chi connectivity index (χ0n) is 10.5. The number of hydrogen-bond donors (Lipinski definition) is 0. The molecule has 0 amide bonds. The van der Waals surface area contributed by atoms with Crippen molar-refractivity contribution in [1.82, 2.24) is 9.97 Å². The summed E-state index contributed by atoms with van der Waals surface area (Å²) in [5.74, 6) is 0. The molecule has 0 unspecified atom stereocenters. The summed E-state index contributed by atoms with van der Waals surface area (Å²) in [6, 6.07) is 4.34. The van der Waals surface area contributed by atoms with Crippen LogP contribution >= 0.6 is 11.6 Å². The van der Waals surface area contributed by atoms with Crippen LogP contribution in [0.25, 0.3) is 11.3 Å². The molecule has 0 bridgehead atoms. The van der Waals surface area contributed by atoms with Crippen LogP contribution in [0.3, 0.4) is 0 Å². The van der Waals surface area contributed by atoms with Crippen LogP contribution in [0.15, 0.2) is 18.3 Å². The molecule has 17 heavy (non-hydrogen) atoms. The molecule has 0 spiro atoms. The number of hydrogen-bond acceptors (Lipinski definition) is 2. The zero-order valence-corrected chi connectivity index (χ0v) is 11.3. The molecule has 0 saturated heterocycles. The average Bonchev–Trinajstić information content (AvgIpc) is 2.27. The van der Waals surface area contributed by atoms with E-state index in [0.717, 1.165) is 16.8 Å². The number of aromatic nitrogens is 2. The molecular formula is C14H15ClN2. The number of halogens is 1. The lowest BCUT2D eigenvalue weighted by Crippen LogP contribution is -1.95. The van der Waals surface area contributed by atoms with Crippen LogP contribution in [0.1, 0.15) is 22.3 Å². The van der Waals surface area contributed by atoms with E-state index >= 15 is 0 Å². The van der Waals surface area contributed by atoms with Crippen molar-refractivity contribution in [3.05, 3.63) is 45.9 Å². The third kappa shape index (κ3) is 2.32. The van der Waals surface area contributed by atoms with E-state index in [2.05, 4.69) is 42.9 Å². The van der Waals surface area contributed by atoms with Crippen molar-refractivity contribution >= 4 is 11.6 Å². The number of nitrogens with zero attached hydrogens (tertiary/aromatic N) is 2. The summed E-state index contributed by atoms with van der Waals surface area (Å²) in [6.07, 6.45) is 1.76. The van der Waals surface area contributed by atoms with E-state index in [1.165, 1.54) is 16.7 Å². The summed E-state index contributed by atoms with van der Waals surface area (Å²) in [7, 11) is 0. The van der Waals surface area contributed by atoms with Gasteiger partial charge in [-0.3, -0.25) is 0 Å². The molecule has 2 aromatic rings. The summed E-state index contributed by atoms with van der Waals surface area (Å²) < 4.78 is 0. The highest BCUT2D eigenvalue weighted by molar-refractivity contribution is 6.28. The minimum Gasteiger partial charge on any atom is -0.226 e. The van der Waals surface area contributed by atoms with Gasteiger partial charge in [0.1, 0.15) is 0 Å². The Labute approximate surface area is 107 Å². The van der Waals surface area contributed by atoms with Gasteiger partial charge in [-0.25, -0.2) is 9.97 Å². The first-order chi connectivity index (χ1) is 7.99. The fraction of sp³-hybridized carbons (Fsp3) is 0.286. The van der Waals surface area contributed by atoms with Crippen molar-refractivity contribution in [3.63, 3.8) is 0 Å². The SMILES string of the molecule is Cc1cc(C)c(-c2nc(Cl)ncc2C)cc1C. The molecule has 2 nitrogen and oxygen atoms in total. The minimum absolute atomic E-state index is 0.295. The van der Waals surface area contributed by atoms with Gasteiger partial charge in [0.2, 0.25) is 5.28 Å². The van der Waals surface area contributed by atoms with Crippen LogP contribution in [-0.4, -0.2) is 9.97 Å². The maximum atomic E-state index is 5.87. The highest BCUT2D eigenvalue weighted by Gasteiger charge is 2.09. The Morgan fingerprint density at radius 3 is 2.24 bits per heavy atom. The monoisotopic (exact) mass is 246 g/mol. The van der Waals surface area contributed by atoms with Crippen LogP contribution in [-0.2, 0) is 0 Å². The van der Waals surface area contributed by atoms with Gasteiger partial charge in [-0.05, 0) is 67.6 Å². The number of benzene rings is 1. The normalized spacial score (nSPS) is 10.6. The van der Waals surface area contributed by atoms with Gasteiger partial charge >= 0.3 is 0 Å². The standard InChI is InChI=1S/C14H15ClN2/c1-8-5-10(3)12(6-9(8)2)13-11(4)7-16-14(15)17-13/h5-7H,1-4H3. The highest BCUT2D eigenvalue weighted by Crippen LogP contribution is 2.27. The first-order valence-electron chi connectivity index (χ1n) is 5.56. The molecule has 0 radical (unpaired) electrons. The largest absolute Gasteiger partial charge is 0.226 e. The topological polar surface area (TPSA) is 25.8 Å². The second-order valence-electron chi connectivity index (χ2n) is 4.42. The van der Waals surface area contributed by atoms with Gasteiger partial charge < -0.3 is 0 Å². The van der Waals surface area contributed by atoms with E-state index in [1.807, 2.05) is 6.92 Å². The molecule has 0 aliphatic rings. The molecule has 88 valence electrons. The minimum atomic E-state index is 0.295. The maximum absolute atomic E-state index is 5.87. The van der Waals surface area contributed by atoms with E-state index < -0.39 is 0 Å². The lowest BCUT2D eigenvalue weighted by Gasteiger charge is -2.11. The first-order valence-corrected chi connectivity index (χ1v) is 5.94. The third-order valence-corrected chi connectivity index (χ3v) is 3.22. The van der Waals surface area contributed by atoms with E-state index in [0.29, 0.717) is 5.28 Å². The molecule has 1 aromatic carbocycles. The van der Waals surface area contributed by atoms with Crippen LogP contribution in [0, 0.1) is 27.7 Å². The van der Waals surface area contributed by atoms with Crippen LogP contribution in [0.2, 0.25) is 5.28 Å². The van der Waals surface area contributed by atoms with Gasteiger partial charge in [0.05, 0.1) is 5.69 Å². The molecule has 0 saturated carbocycles. The Bertz CT molecular complexity index is 577. The zero-order chi connectivity index (χ0) is 12.6. The van der Waals surface area contributed by atoms with Crippen molar-refractivity contribution < 1.29 is 0 Å². The van der Waals surface area contributed by atoms with Gasteiger partial charge in [0.15, 0.2) is 0 Å². The van der Waals surface area contributed by atoms with Crippen LogP contribution < -0.4 is 0 Å². The average molecular weight is 247 g/mol. The Kier molecular flexibility index (Phi) is 3.16. The molecule has 0 atom stereocenters. The van der Waals surface area contributed by atoms with Crippen molar-refractivity contribution in [2.75, 3.05) is 0 Å². The fourth-order valence-corrected chi connectivity index (χ4v) is 2.04. The van der Waals surface area contributed by atoms with Gasteiger partial charge in [-0.15, -0.1) is 0 Å². The van der Waals surface area contributed by atoms with Crippen LogP contribution in [0.4, 0.5) is 0 Å². The fourth-order valence-electron chi connectivity index (χ4n) is 1.91. The van der Waals surface area contributed by atoms with Gasteiger partial charge in [0, 0.05) is 11.8 Å². The second kappa shape index (κ2) is 4.46. The van der Waals surface area contributed by atoms with E-state index in [-0.39, 0.29) is 0 Å². The van der Waals surface area contributed by atoms with Crippen molar-refractivity contribution in [2.45, 2.75) is 27.7 Å². The Hall–Kier alpha value is -1.41. The van der Waals surface area contributed by atoms with Gasteiger partial charge in [-0.2, -0.15) is 0 Å². The molecule has 0 N–H and O–H groups in total. The molecule has 1 aromatic heterocycles. The summed E-state index contributed by atoms with van der Waals surface area (Å²) in [5.41, 5.74) is 6.87. The molecular weight excluding hydrogens is 232 g/mol. The van der Waals surface area contributed by atoms with Gasteiger partial charge in [0.25, 0.3) is 0 Å². The van der Waals surface area contributed by atoms with Crippen molar-refractivity contribution in [2.24, 2.45) is 0 Å². The lowest BCUT2D eigenvalue weighted by atomic mass is 9.97. The summed E-state index contributed by atoms with van der Waals surface area (Å²) in [5, 5.41) is 0.295. The maximum Gasteiger partial charge on any atom is 0.222 e. The smallest absolute Gasteiger partial charge is 0.222 e. The van der Waals surface area contributed by atoms with E-state index in [1.54, 1.807) is 6.20 Å². The number of aryl methyl sites for hydroxylation is 4. The Morgan fingerprint density at radius 2 is 1.53 bits per heavy atom. The molecule has 0 aliphatic carbocycles. The summed E-state index contributed by atoms with van der Waals surface area (Å²) in [6.45, 7) is 8.32.